The number of aromatic hydroxyl groups is 54. The molecule has 0 saturated heterocycles. The monoisotopic (exact) mass is 2010 g/mol. The highest BCUT2D eigenvalue weighted by molar-refractivity contribution is 6.38. The molecular formula is C88H54O56. The lowest BCUT2D eigenvalue weighted by atomic mass is 9.80. The van der Waals surface area contributed by atoms with E-state index in [0.29, 0.717) is 0 Å². The van der Waals surface area contributed by atoms with Gasteiger partial charge >= 0.3 is 0 Å². The van der Waals surface area contributed by atoms with E-state index < -0.39 is 497 Å². The van der Waals surface area contributed by atoms with Crippen molar-refractivity contribution < 1.29 is 285 Å². The summed E-state index contributed by atoms with van der Waals surface area (Å²) < 4.78 is 10.6. The first-order valence-electron chi connectivity index (χ1n) is 38.6. The van der Waals surface area contributed by atoms with Gasteiger partial charge in [0.05, 0.1) is 43.6 Å². The molecule has 0 aliphatic heterocycles. The van der Waals surface area contributed by atoms with Gasteiger partial charge in [-0.3, -0.25) is 0 Å². The van der Waals surface area contributed by atoms with Gasteiger partial charge in [-0.15, -0.1) is 0 Å². The molecule has 19 aromatic rings. The smallest absolute Gasteiger partial charge is 0.208 e. The van der Waals surface area contributed by atoms with E-state index in [0.717, 1.165) is 0 Å². The van der Waals surface area contributed by atoms with Crippen LogP contribution in [0, 0.1) is 0 Å². The van der Waals surface area contributed by atoms with Gasteiger partial charge in [-0.25, -0.2) is 0 Å². The van der Waals surface area contributed by atoms with Crippen molar-refractivity contribution in [3.63, 3.8) is 0 Å². The van der Waals surface area contributed by atoms with E-state index in [1.165, 1.54) is 0 Å². The molecule has 0 bridgehead atoms. The predicted molar refractivity (Wildman–Crippen MR) is 472 cm³/mol. The molecule has 2 aromatic heterocycles. The largest absolute Gasteiger partial charge is 0.506 e. The first kappa shape index (κ1) is 91.8. The lowest BCUT2D eigenvalue weighted by Crippen LogP contribution is -1.98. The first-order valence-corrected chi connectivity index (χ1v) is 38.6. The summed E-state index contributed by atoms with van der Waals surface area (Å²) in [5, 5.41) is 581. The summed E-state index contributed by atoms with van der Waals surface area (Å²) in [5.74, 6) is -91.9. The Morgan fingerprint density at radius 2 is 0.153 bits per heavy atom. The molecule has 144 heavy (non-hydrogen) atoms. The van der Waals surface area contributed by atoms with Gasteiger partial charge in [0.15, 0.2) is 172 Å². The lowest BCUT2D eigenvalue weighted by Gasteiger charge is -2.26. The van der Waals surface area contributed by atoms with Gasteiger partial charge in [0.25, 0.3) is 0 Å². The van der Waals surface area contributed by atoms with Crippen LogP contribution in [0.3, 0.4) is 0 Å². The molecule has 742 valence electrons. The topological polar surface area (TPSA) is 1120 Å². The molecule has 0 fully saturated rings. The number of hydrogen-bond donors (Lipinski definition) is 54. The highest BCUT2D eigenvalue weighted by atomic mass is 16.4. The zero-order chi connectivity index (χ0) is 106. The molecule has 19 rings (SSSR count). The van der Waals surface area contributed by atoms with Crippen molar-refractivity contribution in [2.75, 3.05) is 0 Å². The number of furan rings is 2. The van der Waals surface area contributed by atoms with E-state index in [-0.39, 0.29) is 0 Å². The van der Waals surface area contributed by atoms with E-state index in [9.17, 15) is 276 Å². The summed E-state index contributed by atoms with van der Waals surface area (Å²) in [6.45, 7) is 0. The maximum Gasteiger partial charge on any atom is 0.208 e. The van der Waals surface area contributed by atoms with Gasteiger partial charge in [0.2, 0.25) is 149 Å². The van der Waals surface area contributed by atoms with E-state index in [2.05, 4.69) is 0 Å². The summed E-state index contributed by atoms with van der Waals surface area (Å²) >= 11 is 0. The maximum absolute atomic E-state index is 12.4. The molecule has 0 aliphatic carbocycles. The predicted octanol–water partition coefficient (Wildman–Crippen LogP) is 9.35. The zero-order valence-corrected chi connectivity index (χ0v) is 69.0. The van der Waals surface area contributed by atoms with Crippen molar-refractivity contribution >= 4 is 119 Å². The standard InChI is InChI=1S/C46H28O29.C42H26O27/c47-17-13(30(60)43(73)45-15(17)16-31(61)41(71)42(72)44(74)46(16)75-45)2-6-3(20(50)33(63)35(65)22(6)52)1(4-7(2)23(53)36(66)34(64)21(4)51)5-8-10(26(56)38(68)37(67)25(8)55)9(19(49)18(5)48)11-12-14(28(58)32(62)24(11)54)29(59)40(70)39(69)27(12)57;43-15-11(26(54)39(67)41-13(15)14-27(55)36(64)38(66)40(68)42(14)69-41)2-6-3(18(46)28(56)30(58)20(6)48)1(4-7(2)21(49)31(59)29(57)19(4)47)5-8-9(23(51)33(61)32(60)22(8)50)10(17(45)16(5)44)12-24(52)34(62)37(65)35(63)25(12)53/h47-74H;43-68H. The Morgan fingerprint density at radius 1 is 0.0625 bits per heavy atom. The van der Waals surface area contributed by atoms with Crippen molar-refractivity contribution in [3.8, 4) is 377 Å². The van der Waals surface area contributed by atoms with Gasteiger partial charge < -0.3 is 285 Å². The van der Waals surface area contributed by atoms with Gasteiger partial charge in [-0.1, -0.05) is 0 Å². The van der Waals surface area contributed by atoms with E-state index >= 15 is 0 Å². The van der Waals surface area contributed by atoms with E-state index in [1.807, 2.05) is 0 Å². The van der Waals surface area contributed by atoms with Crippen molar-refractivity contribution in [2.45, 2.75) is 0 Å². The fourth-order valence-electron chi connectivity index (χ4n) is 18.1. The summed E-state index contributed by atoms with van der Waals surface area (Å²) in [6, 6.07) is 0. The molecular weight excluding hydrogens is 1950 g/mol. The third-order valence-electron chi connectivity index (χ3n) is 24.6. The van der Waals surface area contributed by atoms with Gasteiger partial charge in [0.1, 0.15) is 11.5 Å². The van der Waals surface area contributed by atoms with Gasteiger partial charge in [-0.05, 0) is 0 Å². The zero-order valence-electron chi connectivity index (χ0n) is 69.0. The van der Waals surface area contributed by atoms with E-state index in [1.54, 1.807) is 0 Å². The van der Waals surface area contributed by atoms with Crippen LogP contribution in [-0.2, 0) is 0 Å². The minimum absolute atomic E-state index is 0.991. The SMILES string of the molecule is Oc1c(O)c(O)c(-c2c(O)c(O)c(-c3c4c(O)c(O)c(O)c(O)c4c(-c4c(O)c(O)c5oc6c(O)c(O)c(O)c(O)c6c5c4O)c4c(O)c(O)c(O)c(O)c34)c3c(O)c(O)c(O)c(O)c23)c(O)c1O.Oc1c(O)c(O)c2c(oc3c(O)c(O)c(-c4c5c(O)c(O)c(O)c(O)c5c(-c5c(O)c(O)c(-c6c(O)c(O)c(O)c7c(O)c(O)c(O)c(O)c67)c6c(O)c(O)c(O)c(O)c56)c5c(O)c(O)c(O)c(O)c45)c(O)c32)c1O. The Hall–Kier alpha value is -22.6. The first-order chi connectivity index (χ1) is 67.1. The molecule has 0 unspecified atom stereocenters. The molecule has 56 nitrogen and oxygen atoms in total. The van der Waals surface area contributed by atoms with Crippen LogP contribution in [0.25, 0.3) is 186 Å². The summed E-state index contributed by atoms with van der Waals surface area (Å²) in [4.78, 5) is 0. The molecule has 0 aliphatic rings. The molecule has 17 aromatic carbocycles. The third-order valence-corrected chi connectivity index (χ3v) is 24.6. The number of rotatable bonds is 6. The highest BCUT2D eigenvalue weighted by Crippen LogP contribution is 2.76. The fourth-order valence-corrected chi connectivity index (χ4v) is 18.1. The molecule has 0 spiro atoms. The molecule has 2 heterocycles. The lowest BCUT2D eigenvalue weighted by molar-refractivity contribution is 0.329. The van der Waals surface area contributed by atoms with Crippen molar-refractivity contribution in [1.29, 1.82) is 0 Å². The number of hydrogen-bond acceptors (Lipinski definition) is 56. The minimum Gasteiger partial charge on any atom is -0.506 e. The van der Waals surface area contributed by atoms with Crippen LogP contribution >= 0.6 is 0 Å². The van der Waals surface area contributed by atoms with Gasteiger partial charge in [-0.2, -0.15) is 0 Å². The average molecular weight is 2010 g/mol. The second-order valence-corrected chi connectivity index (χ2v) is 31.6. The normalized spacial score (nSPS) is 11.9. The molecule has 0 radical (unpaired) electrons. The Labute approximate surface area is 778 Å². The number of phenolic OH excluding ortho intramolecular Hbond substituents is 54. The Balaban J connectivity index is 0.000000190. The second-order valence-electron chi connectivity index (χ2n) is 31.6. The number of phenols is 54. The summed E-state index contributed by atoms with van der Waals surface area (Å²) in [7, 11) is 0. The van der Waals surface area contributed by atoms with Crippen LogP contribution in [-0.4, -0.2) is 276 Å². The van der Waals surface area contributed by atoms with Crippen molar-refractivity contribution in [2.24, 2.45) is 0 Å². The minimum atomic E-state index is -1.95. The van der Waals surface area contributed by atoms with Crippen LogP contribution < -0.4 is 0 Å². The third kappa shape index (κ3) is 10.6. The fraction of sp³-hybridized carbons (Fsp3) is 0. The highest BCUT2D eigenvalue weighted by Gasteiger charge is 2.47. The average Bonchev–Trinajstić information content (AvgIpc) is 0.883. The summed E-state index contributed by atoms with van der Waals surface area (Å²) in [6.07, 6.45) is 0. The van der Waals surface area contributed by atoms with Crippen LogP contribution in [0.15, 0.2) is 8.83 Å². The Morgan fingerprint density at radius 3 is 0.361 bits per heavy atom. The van der Waals surface area contributed by atoms with Crippen molar-refractivity contribution in [3.05, 3.63) is 0 Å². The number of benzene rings is 17. The van der Waals surface area contributed by atoms with Crippen LogP contribution in [0.1, 0.15) is 0 Å². The molecule has 0 amide bonds. The quantitative estimate of drug-likeness (QED) is 0.0418. The maximum atomic E-state index is 12.4. The molecule has 0 saturated carbocycles. The molecule has 56 heteroatoms. The summed E-state index contributed by atoms with van der Waals surface area (Å²) in [5.41, 5.74) is -22.0. The Bertz CT molecular complexity index is 9270. The molecule has 0 atom stereocenters. The molecule has 54 N–H and O–H groups in total. The van der Waals surface area contributed by atoms with Gasteiger partial charge in [0, 0.05) is 120 Å². The van der Waals surface area contributed by atoms with E-state index in [4.69, 9.17) is 8.83 Å². The second kappa shape index (κ2) is 29.0. The number of fused-ring (bicyclic) bond motifs is 13. The van der Waals surface area contributed by atoms with Crippen LogP contribution in [0.5, 0.6) is 310 Å². The Kier molecular flexibility index (Phi) is 18.5. The van der Waals surface area contributed by atoms with Crippen molar-refractivity contribution in [1.82, 2.24) is 0 Å². The van der Waals surface area contributed by atoms with Crippen LogP contribution in [0.2, 0.25) is 0 Å². The van der Waals surface area contributed by atoms with Crippen LogP contribution in [0.4, 0.5) is 0 Å².